The van der Waals surface area contributed by atoms with Gasteiger partial charge in [-0.05, 0) is 38.0 Å². The Labute approximate surface area is 146 Å². The maximum atomic E-state index is 13.0. The van der Waals surface area contributed by atoms with E-state index in [-0.39, 0.29) is 10.9 Å². The molecule has 0 aliphatic carbocycles. The Balaban J connectivity index is 1.98. The molecule has 3 rings (SSSR count). The monoisotopic (exact) mass is 393 g/mol. The second-order valence-corrected chi connectivity index (χ2v) is 9.33. The van der Waals surface area contributed by atoms with Crippen LogP contribution in [0.4, 0.5) is 0 Å². The zero-order valence-electron chi connectivity index (χ0n) is 13.2. The highest BCUT2D eigenvalue weighted by atomic mass is 79.9. The van der Waals surface area contributed by atoms with Gasteiger partial charge in [-0.15, -0.1) is 0 Å². The minimum Gasteiger partial charge on any atom is -0.207 e. The Morgan fingerprint density at radius 2 is 1.48 bits per heavy atom. The molecular formula is C18H20BrNO2S. The third kappa shape index (κ3) is 3.37. The second-order valence-electron chi connectivity index (χ2n) is 6.15. The van der Waals surface area contributed by atoms with E-state index < -0.39 is 10.0 Å². The third-order valence-electron chi connectivity index (χ3n) is 4.29. The first-order valence-electron chi connectivity index (χ1n) is 7.67. The SMILES string of the molecule is Cc1ccc(C2CC(Br)CN2S(=O)(=O)c2ccc(C)cc2)cc1. The van der Waals surface area contributed by atoms with Crippen LogP contribution in [-0.4, -0.2) is 24.1 Å². The molecule has 2 atom stereocenters. The number of benzene rings is 2. The minimum atomic E-state index is -3.49. The highest BCUT2D eigenvalue weighted by Crippen LogP contribution is 2.39. The van der Waals surface area contributed by atoms with Crippen LogP contribution < -0.4 is 0 Å². The molecule has 2 aromatic carbocycles. The number of nitrogens with zero attached hydrogens (tertiary/aromatic N) is 1. The minimum absolute atomic E-state index is 0.119. The number of rotatable bonds is 3. The largest absolute Gasteiger partial charge is 0.243 e. The first-order chi connectivity index (χ1) is 10.9. The second kappa shape index (κ2) is 6.38. The molecule has 1 heterocycles. The van der Waals surface area contributed by atoms with Crippen LogP contribution in [0.2, 0.25) is 0 Å². The van der Waals surface area contributed by atoms with Gasteiger partial charge in [-0.1, -0.05) is 63.5 Å². The average molecular weight is 394 g/mol. The summed E-state index contributed by atoms with van der Waals surface area (Å²) in [5, 5.41) is 0. The van der Waals surface area contributed by atoms with Crippen molar-refractivity contribution in [3.63, 3.8) is 0 Å². The van der Waals surface area contributed by atoms with Crippen molar-refractivity contribution in [3.05, 3.63) is 65.2 Å². The summed E-state index contributed by atoms with van der Waals surface area (Å²) in [6.07, 6.45) is 0.786. The van der Waals surface area contributed by atoms with Crippen molar-refractivity contribution < 1.29 is 8.42 Å². The summed E-state index contributed by atoms with van der Waals surface area (Å²) in [6.45, 7) is 4.48. The van der Waals surface area contributed by atoms with Crippen LogP contribution in [-0.2, 0) is 10.0 Å². The van der Waals surface area contributed by atoms with E-state index in [4.69, 9.17) is 0 Å². The van der Waals surface area contributed by atoms with E-state index in [1.165, 1.54) is 5.56 Å². The van der Waals surface area contributed by atoms with E-state index in [0.29, 0.717) is 11.4 Å². The molecule has 0 saturated carbocycles. The van der Waals surface area contributed by atoms with Gasteiger partial charge in [0.1, 0.15) is 0 Å². The molecule has 122 valence electrons. The van der Waals surface area contributed by atoms with Crippen LogP contribution in [0.25, 0.3) is 0 Å². The van der Waals surface area contributed by atoms with E-state index in [1.54, 1.807) is 16.4 Å². The van der Waals surface area contributed by atoms with Gasteiger partial charge in [0.25, 0.3) is 0 Å². The van der Waals surface area contributed by atoms with E-state index in [9.17, 15) is 8.42 Å². The highest BCUT2D eigenvalue weighted by molar-refractivity contribution is 9.09. The van der Waals surface area contributed by atoms with Crippen molar-refractivity contribution in [1.29, 1.82) is 0 Å². The summed E-state index contributed by atoms with van der Waals surface area (Å²) in [6, 6.07) is 15.1. The number of sulfonamides is 1. The van der Waals surface area contributed by atoms with Crippen LogP contribution in [0.1, 0.15) is 29.2 Å². The molecule has 0 radical (unpaired) electrons. The van der Waals surface area contributed by atoms with Crippen molar-refractivity contribution in [3.8, 4) is 0 Å². The van der Waals surface area contributed by atoms with Crippen molar-refractivity contribution in [2.75, 3.05) is 6.54 Å². The molecule has 1 aliphatic heterocycles. The van der Waals surface area contributed by atoms with Crippen LogP contribution in [0.3, 0.4) is 0 Å². The molecule has 3 nitrogen and oxygen atoms in total. The zero-order chi connectivity index (χ0) is 16.6. The topological polar surface area (TPSA) is 37.4 Å². The fraction of sp³-hybridized carbons (Fsp3) is 0.333. The van der Waals surface area contributed by atoms with Gasteiger partial charge >= 0.3 is 0 Å². The summed E-state index contributed by atoms with van der Waals surface area (Å²) in [4.78, 5) is 0.538. The molecule has 1 aliphatic rings. The molecule has 5 heteroatoms. The number of hydrogen-bond acceptors (Lipinski definition) is 2. The van der Waals surface area contributed by atoms with Crippen LogP contribution in [0, 0.1) is 13.8 Å². The lowest BCUT2D eigenvalue weighted by atomic mass is 10.0. The smallest absolute Gasteiger partial charge is 0.207 e. The van der Waals surface area contributed by atoms with Gasteiger partial charge in [0.05, 0.1) is 10.9 Å². The lowest BCUT2D eigenvalue weighted by molar-refractivity contribution is 0.397. The zero-order valence-corrected chi connectivity index (χ0v) is 15.6. The number of hydrogen-bond donors (Lipinski definition) is 0. The maximum Gasteiger partial charge on any atom is 0.243 e. The van der Waals surface area contributed by atoms with Crippen molar-refractivity contribution in [2.45, 2.75) is 36.0 Å². The molecule has 0 amide bonds. The lowest BCUT2D eigenvalue weighted by Gasteiger charge is -2.24. The van der Waals surface area contributed by atoms with Crippen LogP contribution in [0.15, 0.2) is 53.4 Å². The first kappa shape index (κ1) is 16.7. The predicted molar refractivity (Wildman–Crippen MR) is 96.3 cm³/mol. The Morgan fingerprint density at radius 3 is 2.04 bits per heavy atom. The number of aryl methyl sites for hydroxylation is 2. The summed E-state index contributed by atoms with van der Waals surface area (Å²) in [7, 11) is -3.49. The van der Waals surface area contributed by atoms with Gasteiger partial charge in [0.2, 0.25) is 10.0 Å². The Hall–Kier alpha value is -1.17. The molecule has 0 aromatic heterocycles. The van der Waals surface area contributed by atoms with E-state index in [2.05, 4.69) is 15.9 Å². The van der Waals surface area contributed by atoms with Gasteiger partial charge in [0, 0.05) is 11.4 Å². The molecular weight excluding hydrogens is 374 g/mol. The van der Waals surface area contributed by atoms with Crippen LogP contribution >= 0.6 is 15.9 Å². The molecule has 2 unspecified atom stereocenters. The Kier molecular flexibility index (Phi) is 4.63. The fourth-order valence-electron chi connectivity index (χ4n) is 2.96. The normalized spacial score (nSPS) is 22.4. The van der Waals surface area contributed by atoms with Gasteiger partial charge in [-0.2, -0.15) is 4.31 Å². The van der Waals surface area contributed by atoms with Gasteiger partial charge < -0.3 is 0 Å². The Bertz CT molecular complexity index is 785. The van der Waals surface area contributed by atoms with E-state index in [0.717, 1.165) is 17.5 Å². The van der Waals surface area contributed by atoms with Gasteiger partial charge in [0.15, 0.2) is 0 Å². The molecule has 1 fully saturated rings. The van der Waals surface area contributed by atoms with Gasteiger partial charge in [-0.25, -0.2) is 8.42 Å². The van der Waals surface area contributed by atoms with E-state index in [1.807, 2.05) is 50.2 Å². The highest BCUT2D eigenvalue weighted by Gasteiger charge is 2.40. The van der Waals surface area contributed by atoms with Crippen molar-refractivity contribution in [2.24, 2.45) is 0 Å². The molecule has 2 aromatic rings. The molecule has 23 heavy (non-hydrogen) atoms. The van der Waals surface area contributed by atoms with E-state index >= 15 is 0 Å². The summed E-state index contributed by atoms with van der Waals surface area (Å²) in [5.41, 5.74) is 3.28. The molecule has 0 bridgehead atoms. The summed E-state index contributed by atoms with van der Waals surface area (Å²) >= 11 is 3.60. The predicted octanol–water partition coefficient (Wildman–Crippen LogP) is 4.20. The van der Waals surface area contributed by atoms with Crippen LogP contribution in [0.5, 0.6) is 0 Å². The maximum absolute atomic E-state index is 13.0. The summed E-state index contributed by atoms with van der Waals surface area (Å²) < 4.78 is 27.7. The lowest BCUT2D eigenvalue weighted by Crippen LogP contribution is -2.31. The number of alkyl halides is 1. The standard InChI is InChI=1S/C18H20BrNO2S/c1-13-3-7-15(8-4-13)18-11-16(19)12-20(18)23(21,22)17-9-5-14(2)6-10-17/h3-10,16,18H,11-12H2,1-2H3. The molecule has 1 saturated heterocycles. The molecule has 0 spiro atoms. The third-order valence-corrected chi connectivity index (χ3v) is 6.85. The summed E-state index contributed by atoms with van der Waals surface area (Å²) in [5.74, 6) is 0. The number of halogens is 1. The average Bonchev–Trinajstić information content (AvgIpc) is 2.91. The van der Waals surface area contributed by atoms with Crippen molar-refractivity contribution in [1.82, 2.24) is 4.31 Å². The van der Waals surface area contributed by atoms with Gasteiger partial charge in [-0.3, -0.25) is 0 Å². The molecule has 0 N–H and O–H groups in total. The first-order valence-corrected chi connectivity index (χ1v) is 10.0. The Morgan fingerprint density at radius 1 is 0.957 bits per heavy atom. The quantitative estimate of drug-likeness (QED) is 0.732. The fourth-order valence-corrected chi connectivity index (χ4v) is 5.49. The van der Waals surface area contributed by atoms with Crippen molar-refractivity contribution >= 4 is 26.0 Å².